The molecule has 0 aliphatic rings. The van der Waals surface area contributed by atoms with E-state index >= 15 is 0 Å². The zero-order chi connectivity index (χ0) is 14.5. The van der Waals surface area contributed by atoms with Gasteiger partial charge in [0.1, 0.15) is 0 Å². The van der Waals surface area contributed by atoms with Crippen LogP contribution in [0.5, 0.6) is 0 Å². The van der Waals surface area contributed by atoms with Gasteiger partial charge >= 0.3 is 0 Å². The van der Waals surface area contributed by atoms with E-state index < -0.39 is 0 Å². The molecule has 2 aromatic rings. The average Bonchev–Trinajstić information content (AvgIpc) is 2.46. The molecule has 102 valence electrons. The second kappa shape index (κ2) is 11.3. The Morgan fingerprint density at radius 1 is 0.737 bits per heavy atom. The van der Waals surface area contributed by atoms with Crippen molar-refractivity contribution in [2.24, 2.45) is 0 Å². The predicted octanol–water partition coefficient (Wildman–Crippen LogP) is 6.13. The molecule has 2 rings (SSSR count). The molecule has 0 radical (unpaired) electrons. The highest BCUT2D eigenvalue weighted by Gasteiger charge is 1.90. The zero-order valence-electron chi connectivity index (χ0n) is 12.9. The molecule has 0 unspecified atom stereocenters. The third kappa shape index (κ3) is 8.84. The second-order valence-corrected chi connectivity index (χ2v) is 4.23. The summed E-state index contributed by atoms with van der Waals surface area (Å²) in [5.74, 6) is 0. The van der Waals surface area contributed by atoms with Gasteiger partial charge in [-0.1, -0.05) is 86.2 Å². The van der Waals surface area contributed by atoms with E-state index in [1.807, 2.05) is 50.2 Å². The summed E-state index contributed by atoms with van der Waals surface area (Å²) < 4.78 is 0. The molecule has 0 bridgehead atoms. The Kier molecular flexibility index (Phi) is 10.2. The van der Waals surface area contributed by atoms with E-state index in [0.29, 0.717) is 0 Å². The molecule has 0 saturated carbocycles. The Hall–Kier alpha value is -1.82. The number of rotatable bonds is 1. The molecule has 0 spiro atoms. The largest absolute Gasteiger partial charge is 0.0758 e. The van der Waals surface area contributed by atoms with Gasteiger partial charge in [0.15, 0.2) is 0 Å². The van der Waals surface area contributed by atoms with Gasteiger partial charge in [0.25, 0.3) is 0 Å². The molecule has 0 nitrogen and oxygen atoms in total. The molecule has 0 N–H and O–H groups in total. The summed E-state index contributed by atoms with van der Waals surface area (Å²) >= 11 is 0. The minimum absolute atomic E-state index is 1.33. The molecule has 19 heavy (non-hydrogen) atoms. The van der Waals surface area contributed by atoms with Crippen LogP contribution in [0.25, 0.3) is 6.08 Å². The molecule has 0 amide bonds. The van der Waals surface area contributed by atoms with Gasteiger partial charge in [-0.25, -0.2) is 0 Å². The van der Waals surface area contributed by atoms with Crippen LogP contribution in [-0.4, -0.2) is 0 Å². The summed E-state index contributed by atoms with van der Waals surface area (Å²) in [5.41, 5.74) is 4.01. The maximum Gasteiger partial charge on any atom is -0.0228 e. The quantitative estimate of drug-likeness (QED) is 0.574. The van der Waals surface area contributed by atoms with Crippen molar-refractivity contribution in [2.45, 2.75) is 34.6 Å². The van der Waals surface area contributed by atoms with Crippen LogP contribution in [0.1, 0.15) is 38.8 Å². The topological polar surface area (TPSA) is 0 Å². The van der Waals surface area contributed by atoms with Crippen molar-refractivity contribution < 1.29 is 0 Å². The van der Waals surface area contributed by atoms with Crippen molar-refractivity contribution in [3.8, 4) is 0 Å². The van der Waals surface area contributed by atoms with Crippen molar-refractivity contribution in [2.75, 3.05) is 0 Å². The molecule has 0 fully saturated rings. The maximum atomic E-state index is 2.20. The number of hydrogen-bond acceptors (Lipinski definition) is 0. The van der Waals surface area contributed by atoms with E-state index in [1.165, 1.54) is 16.7 Å². The van der Waals surface area contributed by atoms with Crippen molar-refractivity contribution in [3.63, 3.8) is 0 Å². The Bertz CT molecular complexity index is 422. The van der Waals surface area contributed by atoms with E-state index in [2.05, 4.69) is 51.1 Å². The van der Waals surface area contributed by atoms with Crippen LogP contribution >= 0.6 is 0 Å². The lowest BCUT2D eigenvalue weighted by molar-refractivity contribution is 1.39. The fraction of sp³-hybridized carbons (Fsp3) is 0.263. The van der Waals surface area contributed by atoms with Gasteiger partial charge < -0.3 is 0 Å². The highest BCUT2D eigenvalue weighted by atomic mass is 14.0. The summed E-state index contributed by atoms with van der Waals surface area (Å²) in [6.07, 6.45) is 2.20. The van der Waals surface area contributed by atoms with Gasteiger partial charge in [0.05, 0.1) is 0 Å². The third-order valence-electron chi connectivity index (χ3n) is 2.30. The standard InChI is InChI=1S/C11H14.C6H6.C2H6/c1-9(2)8-11-7-5-4-6-10(11)3;1-2-4-6-5-3-1;1-2/h4-8H,1-3H3;1-6H;1-2H3. The molecule has 2 aromatic carbocycles. The lowest BCUT2D eigenvalue weighted by Gasteiger charge is -1.98. The number of hydrogen-bond donors (Lipinski definition) is 0. The van der Waals surface area contributed by atoms with Crippen molar-refractivity contribution in [1.82, 2.24) is 0 Å². The van der Waals surface area contributed by atoms with Gasteiger partial charge in [-0.2, -0.15) is 0 Å². The fourth-order valence-corrected chi connectivity index (χ4v) is 1.44. The van der Waals surface area contributed by atoms with E-state index in [0.717, 1.165) is 0 Å². The highest BCUT2D eigenvalue weighted by Crippen LogP contribution is 2.10. The van der Waals surface area contributed by atoms with Gasteiger partial charge in [-0.3, -0.25) is 0 Å². The van der Waals surface area contributed by atoms with E-state index in [-0.39, 0.29) is 0 Å². The average molecular weight is 254 g/mol. The van der Waals surface area contributed by atoms with Crippen LogP contribution in [0.4, 0.5) is 0 Å². The summed E-state index contributed by atoms with van der Waals surface area (Å²) in [6, 6.07) is 20.4. The Morgan fingerprint density at radius 3 is 1.53 bits per heavy atom. The number of benzene rings is 2. The zero-order valence-corrected chi connectivity index (χ0v) is 12.9. The Labute approximate surface area is 118 Å². The smallest absolute Gasteiger partial charge is 0.0228 e. The summed E-state index contributed by atoms with van der Waals surface area (Å²) in [6.45, 7) is 10.4. The molecular weight excluding hydrogens is 228 g/mol. The molecule has 0 aromatic heterocycles. The third-order valence-corrected chi connectivity index (χ3v) is 2.30. The van der Waals surface area contributed by atoms with Crippen LogP contribution in [0.2, 0.25) is 0 Å². The molecule has 0 aliphatic heterocycles. The molecular formula is C19H26. The number of allylic oxidation sites excluding steroid dienone is 1. The van der Waals surface area contributed by atoms with E-state index in [9.17, 15) is 0 Å². The van der Waals surface area contributed by atoms with Gasteiger partial charge in [-0.05, 0) is 31.9 Å². The van der Waals surface area contributed by atoms with Crippen molar-refractivity contribution >= 4 is 6.08 Å². The molecule has 0 heterocycles. The first kappa shape index (κ1) is 17.2. The van der Waals surface area contributed by atoms with E-state index in [1.54, 1.807) is 0 Å². The van der Waals surface area contributed by atoms with Crippen LogP contribution in [0.15, 0.2) is 66.2 Å². The molecule has 0 atom stereocenters. The van der Waals surface area contributed by atoms with E-state index in [4.69, 9.17) is 0 Å². The van der Waals surface area contributed by atoms with Crippen LogP contribution < -0.4 is 0 Å². The van der Waals surface area contributed by atoms with Crippen LogP contribution in [0.3, 0.4) is 0 Å². The fourth-order valence-electron chi connectivity index (χ4n) is 1.44. The number of aryl methyl sites for hydroxylation is 1. The normalized spacial score (nSPS) is 8.26. The Morgan fingerprint density at radius 2 is 1.16 bits per heavy atom. The van der Waals surface area contributed by atoms with Crippen LogP contribution in [-0.2, 0) is 0 Å². The SMILES string of the molecule is CC.CC(C)=Cc1ccccc1C.c1ccccc1. The second-order valence-electron chi connectivity index (χ2n) is 4.23. The molecule has 0 aliphatic carbocycles. The van der Waals surface area contributed by atoms with Crippen molar-refractivity contribution in [1.29, 1.82) is 0 Å². The van der Waals surface area contributed by atoms with Gasteiger partial charge in [0, 0.05) is 0 Å². The minimum Gasteiger partial charge on any atom is -0.0758 e. The first-order valence-corrected chi connectivity index (χ1v) is 6.90. The monoisotopic (exact) mass is 254 g/mol. The lowest BCUT2D eigenvalue weighted by Crippen LogP contribution is -1.78. The van der Waals surface area contributed by atoms with Gasteiger partial charge in [-0.15, -0.1) is 0 Å². The van der Waals surface area contributed by atoms with Crippen LogP contribution in [0, 0.1) is 6.92 Å². The summed E-state index contributed by atoms with van der Waals surface area (Å²) in [4.78, 5) is 0. The molecule has 0 heteroatoms. The summed E-state index contributed by atoms with van der Waals surface area (Å²) in [5, 5.41) is 0. The predicted molar refractivity (Wildman–Crippen MR) is 88.3 cm³/mol. The first-order valence-electron chi connectivity index (χ1n) is 6.90. The molecule has 0 saturated heterocycles. The summed E-state index contributed by atoms with van der Waals surface area (Å²) in [7, 11) is 0. The highest BCUT2D eigenvalue weighted by molar-refractivity contribution is 5.55. The minimum atomic E-state index is 1.33. The first-order chi connectivity index (χ1) is 9.20. The maximum absolute atomic E-state index is 2.20. The lowest BCUT2D eigenvalue weighted by atomic mass is 10.1. The van der Waals surface area contributed by atoms with Crippen molar-refractivity contribution in [3.05, 3.63) is 77.4 Å². The van der Waals surface area contributed by atoms with Gasteiger partial charge in [0.2, 0.25) is 0 Å². The Balaban J connectivity index is 0.000000341.